The van der Waals surface area contributed by atoms with Crippen LogP contribution in [0, 0.1) is 6.92 Å². The van der Waals surface area contributed by atoms with E-state index in [-0.39, 0.29) is 5.91 Å². The van der Waals surface area contributed by atoms with Gasteiger partial charge in [0.15, 0.2) is 11.5 Å². The van der Waals surface area contributed by atoms with E-state index in [0.29, 0.717) is 69.3 Å². The van der Waals surface area contributed by atoms with E-state index in [1.807, 2.05) is 86.6 Å². The van der Waals surface area contributed by atoms with Gasteiger partial charge in [0.05, 0.1) is 25.0 Å². The van der Waals surface area contributed by atoms with E-state index >= 15 is 0 Å². The minimum Gasteiger partial charge on any atom is -0.495 e. The van der Waals surface area contributed by atoms with E-state index in [2.05, 4.69) is 23.6 Å². The summed E-state index contributed by atoms with van der Waals surface area (Å²) in [6.45, 7) is 6.68. The number of rotatable bonds is 12. The zero-order valence-electron chi connectivity index (χ0n) is 27.1. The largest absolute Gasteiger partial charge is 0.495 e. The van der Waals surface area contributed by atoms with Crippen molar-refractivity contribution in [3.63, 3.8) is 0 Å². The second kappa shape index (κ2) is 14.9. The lowest BCUT2D eigenvalue weighted by Gasteiger charge is -2.29. The van der Waals surface area contributed by atoms with Crippen LogP contribution in [0.2, 0.25) is 5.02 Å². The molecule has 0 saturated carbocycles. The quantitative estimate of drug-likeness (QED) is 0.127. The molecule has 0 aliphatic carbocycles. The van der Waals surface area contributed by atoms with Gasteiger partial charge in [-0.1, -0.05) is 84.0 Å². The second-order valence-corrected chi connectivity index (χ2v) is 12.5. The number of carbonyl (C=O) groups is 1. The number of allylic oxidation sites excluding steroid dienone is 1. The van der Waals surface area contributed by atoms with Crippen molar-refractivity contribution in [3.8, 4) is 17.2 Å². The van der Waals surface area contributed by atoms with Crippen LogP contribution in [0.5, 0.6) is 17.2 Å². The molecule has 1 atom stereocenters. The highest BCUT2D eigenvalue weighted by atomic mass is 35.5. The third-order valence-corrected chi connectivity index (χ3v) is 9.23. The molecule has 1 aromatic heterocycles. The summed E-state index contributed by atoms with van der Waals surface area (Å²) in [5, 5.41) is 12.5. The number of para-hydroxylation sites is 2. The van der Waals surface area contributed by atoms with E-state index in [0.717, 1.165) is 22.3 Å². The molecule has 11 heteroatoms. The maximum atomic E-state index is 14.2. The Bertz CT molecular complexity index is 1980. The first-order valence-corrected chi connectivity index (χ1v) is 16.9. The lowest BCUT2D eigenvalue weighted by molar-refractivity contribution is -0.113. The molecule has 0 fully saturated rings. The summed E-state index contributed by atoms with van der Waals surface area (Å²) in [5.74, 6) is 2.53. The Labute approximate surface area is 289 Å². The van der Waals surface area contributed by atoms with Crippen LogP contribution in [0.15, 0.2) is 107 Å². The summed E-state index contributed by atoms with van der Waals surface area (Å²) in [5.41, 5.74) is 5.67. The van der Waals surface area contributed by atoms with Crippen molar-refractivity contribution < 1.29 is 19.0 Å². The summed E-state index contributed by atoms with van der Waals surface area (Å²) >= 11 is 7.89. The van der Waals surface area contributed by atoms with Gasteiger partial charge in [-0.2, -0.15) is 4.98 Å². The van der Waals surface area contributed by atoms with Crippen LogP contribution in [0.1, 0.15) is 42.1 Å². The van der Waals surface area contributed by atoms with E-state index in [1.54, 1.807) is 23.9 Å². The molecule has 9 nitrogen and oxygen atoms in total. The van der Waals surface area contributed by atoms with Gasteiger partial charge in [0.1, 0.15) is 18.4 Å². The summed E-state index contributed by atoms with van der Waals surface area (Å²) in [7, 11) is 1.57. The van der Waals surface area contributed by atoms with Crippen molar-refractivity contribution in [3.05, 3.63) is 130 Å². The normalized spacial score (nSPS) is 13.8. The zero-order chi connectivity index (χ0) is 33.6. The monoisotopic (exact) mass is 681 g/mol. The topological polar surface area (TPSA) is 99.5 Å². The van der Waals surface area contributed by atoms with Crippen LogP contribution in [0.25, 0.3) is 0 Å². The molecule has 246 valence electrons. The molecule has 1 amide bonds. The number of ether oxygens (including phenoxy) is 3. The minimum absolute atomic E-state index is 0.307. The standard InChI is InChI=1S/C37H36ClN5O4S/c1-5-46-32-20-25(18-19-31(32)47-21-26-13-7-6-12-23(26)2)34-33(35(44)40-29-16-10-11-17-30(29)45-4)24(3)39-36-41-37(42-43(34)36)48-22-27-14-8-9-15-28(27)38/h6-20,34H,5,21-22H2,1-4H3,(H,40,44)(H,39,41,42). The highest BCUT2D eigenvalue weighted by Crippen LogP contribution is 2.41. The van der Waals surface area contributed by atoms with Crippen molar-refractivity contribution in [2.45, 2.75) is 44.3 Å². The first kappa shape index (κ1) is 33.0. The first-order valence-electron chi connectivity index (χ1n) is 15.5. The number of hydrogen-bond acceptors (Lipinski definition) is 8. The SMILES string of the molecule is CCOc1cc(C2C(C(=O)Nc3ccccc3OC)=C(C)Nc3nc(SCc4ccccc4Cl)nn32)ccc1OCc1ccccc1C. The molecule has 5 aromatic rings. The number of amides is 1. The number of anilines is 2. The fourth-order valence-corrected chi connectivity index (χ4v) is 6.61. The molecule has 0 saturated heterocycles. The average molecular weight is 682 g/mol. The molecule has 0 spiro atoms. The molecule has 0 bridgehead atoms. The molecule has 48 heavy (non-hydrogen) atoms. The fraction of sp³-hybridized carbons (Fsp3) is 0.216. The zero-order valence-corrected chi connectivity index (χ0v) is 28.7. The summed E-state index contributed by atoms with van der Waals surface area (Å²) in [6.07, 6.45) is 0. The predicted octanol–water partition coefficient (Wildman–Crippen LogP) is 8.45. The number of carbonyl (C=O) groups excluding carboxylic acids is 1. The number of aryl methyl sites for hydroxylation is 1. The molecular formula is C37H36ClN5O4S. The Kier molecular flexibility index (Phi) is 10.2. The van der Waals surface area contributed by atoms with E-state index in [9.17, 15) is 4.79 Å². The maximum Gasteiger partial charge on any atom is 0.255 e. The molecular weight excluding hydrogens is 646 g/mol. The molecule has 2 N–H and O–H groups in total. The van der Waals surface area contributed by atoms with Gasteiger partial charge in [-0.05, 0) is 73.4 Å². The van der Waals surface area contributed by atoms with Crippen LogP contribution < -0.4 is 24.8 Å². The average Bonchev–Trinajstić information content (AvgIpc) is 3.50. The third-order valence-electron chi connectivity index (χ3n) is 7.98. The van der Waals surface area contributed by atoms with E-state index in [1.165, 1.54) is 11.8 Å². The maximum absolute atomic E-state index is 14.2. The predicted molar refractivity (Wildman–Crippen MR) is 190 cm³/mol. The van der Waals surface area contributed by atoms with E-state index in [4.69, 9.17) is 35.9 Å². The number of hydrogen-bond donors (Lipinski definition) is 2. The number of fused-ring (bicyclic) bond motifs is 1. The first-order chi connectivity index (χ1) is 23.4. The van der Waals surface area contributed by atoms with Crippen LogP contribution in [-0.4, -0.2) is 34.4 Å². The van der Waals surface area contributed by atoms with Gasteiger partial charge in [-0.25, -0.2) is 4.68 Å². The Balaban J connectivity index is 1.37. The van der Waals surface area contributed by atoms with Crippen LogP contribution in [0.4, 0.5) is 11.6 Å². The Morgan fingerprint density at radius 1 is 0.938 bits per heavy atom. The van der Waals surface area contributed by atoms with Crippen molar-refractivity contribution in [1.29, 1.82) is 0 Å². The van der Waals surface area contributed by atoms with Gasteiger partial charge in [0.25, 0.3) is 5.91 Å². The molecule has 6 rings (SSSR count). The molecule has 4 aromatic carbocycles. The van der Waals surface area contributed by atoms with Gasteiger partial charge in [0.2, 0.25) is 11.1 Å². The minimum atomic E-state index is -0.636. The van der Waals surface area contributed by atoms with Crippen molar-refractivity contribution >= 4 is 40.9 Å². The van der Waals surface area contributed by atoms with Crippen LogP contribution in [0.3, 0.4) is 0 Å². The van der Waals surface area contributed by atoms with Crippen molar-refractivity contribution in [2.24, 2.45) is 0 Å². The van der Waals surface area contributed by atoms with Crippen molar-refractivity contribution in [2.75, 3.05) is 24.4 Å². The van der Waals surface area contributed by atoms with Crippen LogP contribution >= 0.6 is 23.4 Å². The summed E-state index contributed by atoms with van der Waals surface area (Å²) in [6, 6.07) is 28.2. The molecule has 1 unspecified atom stereocenters. The number of nitrogens with zero attached hydrogens (tertiary/aromatic N) is 3. The van der Waals surface area contributed by atoms with Gasteiger partial charge in [-0.3, -0.25) is 4.79 Å². The third kappa shape index (κ3) is 7.14. The number of aromatic nitrogens is 3. The van der Waals surface area contributed by atoms with Gasteiger partial charge in [-0.15, -0.1) is 5.10 Å². The number of nitrogens with one attached hydrogen (secondary N) is 2. The Hall–Kier alpha value is -4.93. The Morgan fingerprint density at radius 2 is 1.69 bits per heavy atom. The smallest absolute Gasteiger partial charge is 0.255 e. The second-order valence-electron chi connectivity index (χ2n) is 11.1. The number of methoxy groups -OCH3 is 1. The molecule has 0 radical (unpaired) electrons. The number of thioether (sulfide) groups is 1. The van der Waals surface area contributed by atoms with Crippen molar-refractivity contribution in [1.82, 2.24) is 14.8 Å². The Morgan fingerprint density at radius 3 is 2.46 bits per heavy atom. The van der Waals surface area contributed by atoms with E-state index < -0.39 is 6.04 Å². The number of benzene rings is 4. The highest BCUT2D eigenvalue weighted by Gasteiger charge is 2.35. The van der Waals surface area contributed by atoms with Gasteiger partial charge in [0, 0.05) is 16.5 Å². The molecule has 1 aliphatic heterocycles. The number of halogens is 1. The lowest BCUT2D eigenvalue weighted by atomic mass is 9.94. The van der Waals surface area contributed by atoms with Crippen LogP contribution in [-0.2, 0) is 17.2 Å². The highest BCUT2D eigenvalue weighted by molar-refractivity contribution is 7.98. The summed E-state index contributed by atoms with van der Waals surface area (Å²) in [4.78, 5) is 19.0. The van der Waals surface area contributed by atoms with Gasteiger partial charge < -0.3 is 24.8 Å². The lowest BCUT2D eigenvalue weighted by Crippen LogP contribution is -2.31. The van der Waals surface area contributed by atoms with Gasteiger partial charge >= 0.3 is 0 Å². The summed E-state index contributed by atoms with van der Waals surface area (Å²) < 4.78 is 19.6. The molecule has 1 aliphatic rings. The molecule has 2 heterocycles. The fourth-order valence-electron chi connectivity index (χ4n) is 5.50.